The Morgan fingerprint density at radius 1 is 1.38 bits per heavy atom. The number of nitrogens with one attached hydrogen (secondary N) is 2. The van der Waals surface area contributed by atoms with Gasteiger partial charge in [0.1, 0.15) is 11.5 Å². The van der Waals surface area contributed by atoms with Gasteiger partial charge < -0.3 is 15.5 Å². The minimum atomic E-state index is -0.0955. The van der Waals surface area contributed by atoms with Crippen LogP contribution in [0, 0.1) is 0 Å². The Morgan fingerprint density at radius 3 is 2.86 bits per heavy atom. The molecule has 0 bridgehead atoms. The molecule has 5 nitrogen and oxygen atoms in total. The highest BCUT2D eigenvalue weighted by molar-refractivity contribution is 5.92. The van der Waals surface area contributed by atoms with Crippen LogP contribution < -0.4 is 10.6 Å². The number of pyridine rings is 1. The zero-order valence-corrected chi connectivity index (χ0v) is 13.1. The second kappa shape index (κ2) is 7.98. The summed E-state index contributed by atoms with van der Waals surface area (Å²) in [5, 5.41) is 6.24. The molecule has 0 spiro atoms. The van der Waals surface area contributed by atoms with Crippen molar-refractivity contribution in [1.29, 1.82) is 0 Å². The third-order valence-corrected chi connectivity index (χ3v) is 3.65. The van der Waals surface area contributed by atoms with Gasteiger partial charge in [-0.25, -0.2) is 4.98 Å². The number of amides is 1. The van der Waals surface area contributed by atoms with Crippen molar-refractivity contribution >= 4 is 11.7 Å². The number of hydrogen-bond acceptors (Lipinski definition) is 4. The Balaban J connectivity index is 1.86. The molecule has 0 saturated carbocycles. The lowest BCUT2D eigenvalue weighted by molar-refractivity contribution is 0.0927. The fraction of sp³-hybridized carbons (Fsp3) is 0.625. The summed E-state index contributed by atoms with van der Waals surface area (Å²) in [6.07, 6.45) is 3.58. The van der Waals surface area contributed by atoms with E-state index in [1.165, 1.54) is 12.8 Å². The average molecular weight is 290 g/mol. The molecule has 1 saturated heterocycles. The highest BCUT2D eigenvalue weighted by Crippen LogP contribution is 2.08. The smallest absolute Gasteiger partial charge is 0.270 e. The molecule has 1 atom stereocenters. The SMILES string of the molecule is CCCNc1cccc(C(=O)NC(C)CN2CCCC2)n1. The van der Waals surface area contributed by atoms with Gasteiger partial charge in [-0.2, -0.15) is 0 Å². The van der Waals surface area contributed by atoms with E-state index in [1.54, 1.807) is 6.07 Å². The monoisotopic (exact) mass is 290 g/mol. The van der Waals surface area contributed by atoms with Crippen LogP contribution in [0.25, 0.3) is 0 Å². The molecule has 1 aliphatic rings. The predicted octanol–water partition coefficient (Wildman–Crippen LogP) is 2.12. The van der Waals surface area contributed by atoms with Crippen LogP contribution in [-0.4, -0.2) is 48.0 Å². The molecule has 1 fully saturated rings. The Morgan fingerprint density at radius 2 is 2.14 bits per heavy atom. The van der Waals surface area contributed by atoms with Gasteiger partial charge in [0.05, 0.1) is 0 Å². The molecular weight excluding hydrogens is 264 g/mol. The first-order chi connectivity index (χ1) is 10.2. The van der Waals surface area contributed by atoms with Crippen LogP contribution in [0.4, 0.5) is 5.82 Å². The maximum atomic E-state index is 12.2. The summed E-state index contributed by atoms with van der Waals surface area (Å²) in [5.74, 6) is 0.665. The van der Waals surface area contributed by atoms with Crippen LogP contribution in [0.15, 0.2) is 18.2 Å². The standard InChI is InChI=1S/C16H26N4O/c1-3-9-17-15-8-6-7-14(19-15)16(21)18-13(2)12-20-10-4-5-11-20/h6-8,13H,3-5,9-12H2,1-2H3,(H,17,19)(H,18,21). The van der Waals surface area contributed by atoms with Gasteiger partial charge in [0.25, 0.3) is 5.91 Å². The average Bonchev–Trinajstić information content (AvgIpc) is 2.98. The lowest BCUT2D eigenvalue weighted by Gasteiger charge is -2.21. The zero-order chi connectivity index (χ0) is 15.1. The molecule has 21 heavy (non-hydrogen) atoms. The van der Waals surface area contributed by atoms with Crippen molar-refractivity contribution in [2.24, 2.45) is 0 Å². The molecule has 2 rings (SSSR count). The normalized spacial score (nSPS) is 16.7. The predicted molar refractivity (Wildman–Crippen MR) is 85.6 cm³/mol. The van der Waals surface area contributed by atoms with Crippen molar-refractivity contribution in [3.63, 3.8) is 0 Å². The number of hydrogen-bond donors (Lipinski definition) is 2. The molecule has 0 aliphatic carbocycles. The van der Waals surface area contributed by atoms with Gasteiger partial charge in [-0.3, -0.25) is 4.79 Å². The van der Waals surface area contributed by atoms with Crippen molar-refractivity contribution in [2.75, 3.05) is 31.5 Å². The number of carbonyl (C=O) groups excluding carboxylic acids is 1. The minimum Gasteiger partial charge on any atom is -0.370 e. The van der Waals surface area contributed by atoms with Crippen molar-refractivity contribution in [3.05, 3.63) is 23.9 Å². The van der Waals surface area contributed by atoms with E-state index in [0.717, 1.165) is 38.4 Å². The van der Waals surface area contributed by atoms with Gasteiger partial charge in [-0.15, -0.1) is 0 Å². The molecule has 116 valence electrons. The van der Waals surface area contributed by atoms with Crippen molar-refractivity contribution in [3.8, 4) is 0 Å². The Bertz CT molecular complexity index is 457. The highest BCUT2D eigenvalue weighted by atomic mass is 16.1. The number of anilines is 1. The summed E-state index contributed by atoms with van der Waals surface area (Å²) in [7, 11) is 0. The Hall–Kier alpha value is -1.62. The van der Waals surface area contributed by atoms with E-state index in [-0.39, 0.29) is 11.9 Å². The third-order valence-electron chi connectivity index (χ3n) is 3.65. The molecule has 1 unspecified atom stereocenters. The maximum absolute atomic E-state index is 12.2. The molecule has 5 heteroatoms. The number of nitrogens with zero attached hydrogens (tertiary/aromatic N) is 2. The van der Waals surface area contributed by atoms with Crippen LogP contribution in [0.3, 0.4) is 0 Å². The largest absolute Gasteiger partial charge is 0.370 e. The molecule has 1 aromatic rings. The summed E-state index contributed by atoms with van der Waals surface area (Å²) in [6.45, 7) is 8.23. The van der Waals surface area contributed by atoms with Crippen molar-refractivity contribution in [1.82, 2.24) is 15.2 Å². The Kier molecular flexibility index (Phi) is 5.99. The van der Waals surface area contributed by atoms with Gasteiger partial charge in [0.15, 0.2) is 0 Å². The van der Waals surface area contributed by atoms with Crippen LogP contribution in [0.5, 0.6) is 0 Å². The van der Waals surface area contributed by atoms with E-state index in [1.807, 2.05) is 12.1 Å². The summed E-state index contributed by atoms with van der Waals surface area (Å²) >= 11 is 0. The molecular formula is C16H26N4O. The summed E-state index contributed by atoms with van der Waals surface area (Å²) in [6, 6.07) is 5.66. The van der Waals surface area contributed by atoms with Gasteiger partial charge in [-0.05, 0) is 51.4 Å². The Labute approximate surface area is 127 Å². The second-order valence-electron chi connectivity index (χ2n) is 5.72. The number of carbonyl (C=O) groups is 1. The molecule has 1 amide bonds. The van der Waals surface area contributed by atoms with Crippen molar-refractivity contribution in [2.45, 2.75) is 39.2 Å². The lowest BCUT2D eigenvalue weighted by atomic mass is 10.2. The zero-order valence-electron chi connectivity index (χ0n) is 13.1. The van der Waals surface area contributed by atoms with E-state index >= 15 is 0 Å². The second-order valence-corrected chi connectivity index (χ2v) is 5.72. The quantitative estimate of drug-likeness (QED) is 0.807. The maximum Gasteiger partial charge on any atom is 0.270 e. The van der Waals surface area contributed by atoms with Crippen LogP contribution in [0.1, 0.15) is 43.6 Å². The van der Waals surface area contributed by atoms with E-state index in [0.29, 0.717) is 5.69 Å². The molecule has 2 heterocycles. The molecule has 2 N–H and O–H groups in total. The summed E-state index contributed by atoms with van der Waals surface area (Å²) in [4.78, 5) is 19.0. The van der Waals surface area contributed by atoms with E-state index in [2.05, 4.69) is 34.4 Å². The van der Waals surface area contributed by atoms with Crippen molar-refractivity contribution < 1.29 is 4.79 Å². The molecule has 1 aliphatic heterocycles. The van der Waals surface area contributed by atoms with Gasteiger partial charge in [-0.1, -0.05) is 13.0 Å². The first kappa shape index (κ1) is 15.8. The van der Waals surface area contributed by atoms with E-state index in [4.69, 9.17) is 0 Å². The number of likely N-dealkylation sites (tertiary alicyclic amines) is 1. The first-order valence-corrected chi connectivity index (χ1v) is 7.93. The third kappa shape index (κ3) is 5.01. The summed E-state index contributed by atoms with van der Waals surface area (Å²) < 4.78 is 0. The van der Waals surface area contributed by atoms with E-state index in [9.17, 15) is 4.79 Å². The minimum absolute atomic E-state index is 0.0955. The van der Waals surface area contributed by atoms with Crippen LogP contribution >= 0.6 is 0 Å². The highest BCUT2D eigenvalue weighted by Gasteiger charge is 2.17. The van der Waals surface area contributed by atoms with Gasteiger partial charge >= 0.3 is 0 Å². The van der Waals surface area contributed by atoms with Gasteiger partial charge in [0, 0.05) is 19.1 Å². The van der Waals surface area contributed by atoms with Crippen LogP contribution in [0.2, 0.25) is 0 Å². The summed E-state index contributed by atoms with van der Waals surface area (Å²) in [5.41, 5.74) is 0.476. The molecule has 1 aromatic heterocycles. The topological polar surface area (TPSA) is 57.3 Å². The fourth-order valence-electron chi connectivity index (χ4n) is 2.61. The lowest BCUT2D eigenvalue weighted by Crippen LogP contribution is -2.41. The molecule has 0 aromatic carbocycles. The van der Waals surface area contributed by atoms with Gasteiger partial charge in [0.2, 0.25) is 0 Å². The first-order valence-electron chi connectivity index (χ1n) is 7.93. The van der Waals surface area contributed by atoms with E-state index < -0.39 is 0 Å². The number of rotatable bonds is 7. The molecule has 0 radical (unpaired) electrons. The number of aromatic nitrogens is 1. The van der Waals surface area contributed by atoms with Crippen LogP contribution in [-0.2, 0) is 0 Å². The fourth-order valence-corrected chi connectivity index (χ4v) is 2.61.